The zero-order valence-electron chi connectivity index (χ0n) is 18.6. The molecule has 2 aromatic rings. The maximum absolute atomic E-state index is 15.1. The average molecular weight is 449 g/mol. The molecule has 3 saturated carbocycles. The molecule has 0 spiro atoms. The predicted octanol–water partition coefficient (Wildman–Crippen LogP) is 3.62. The summed E-state index contributed by atoms with van der Waals surface area (Å²) in [6, 6.07) is 1.26. The Bertz CT molecular complexity index is 1040. The number of aromatic nitrogens is 2. The maximum atomic E-state index is 15.1. The van der Waals surface area contributed by atoms with Crippen molar-refractivity contribution >= 4 is 16.9 Å². The topological polar surface area (TPSA) is 74.6 Å². The molecular weight excluding hydrogens is 420 g/mol. The molecule has 0 unspecified atom stereocenters. The molecule has 0 aliphatic heterocycles. The zero-order chi connectivity index (χ0) is 22.6. The number of amides is 1. The van der Waals surface area contributed by atoms with Crippen LogP contribution in [-0.2, 0) is 16.6 Å². The Labute approximate surface area is 185 Å². The van der Waals surface area contributed by atoms with Crippen molar-refractivity contribution in [3.8, 4) is 11.8 Å². The second kappa shape index (κ2) is 7.86. The lowest BCUT2D eigenvalue weighted by molar-refractivity contribution is -0.120. The molecule has 1 N–H and O–H groups in total. The average Bonchev–Trinajstić information content (AvgIpc) is 3.56. The smallest absolute Gasteiger partial charge is 0.297 e. The first-order chi connectivity index (χ1) is 15.3. The molecular formula is C23H29F2N3O4. The number of hydrogen-bond acceptors (Lipinski definition) is 5. The highest BCUT2D eigenvalue weighted by Crippen LogP contribution is 2.69. The van der Waals surface area contributed by atoms with Crippen LogP contribution in [-0.4, -0.2) is 45.9 Å². The summed E-state index contributed by atoms with van der Waals surface area (Å²) in [6.07, 6.45) is 4.98. The van der Waals surface area contributed by atoms with Crippen LogP contribution in [0.15, 0.2) is 6.07 Å². The molecule has 32 heavy (non-hydrogen) atoms. The van der Waals surface area contributed by atoms with Crippen LogP contribution in [0.2, 0.25) is 0 Å². The van der Waals surface area contributed by atoms with E-state index < -0.39 is 11.6 Å². The van der Waals surface area contributed by atoms with Crippen LogP contribution in [0, 0.1) is 17.6 Å². The lowest BCUT2D eigenvalue weighted by Crippen LogP contribution is -2.37. The third-order valence-corrected chi connectivity index (χ3v) is 6.81. The molecule has 3 aliphatic rings. The predicted molar refractivity (Wildman–Crippen MR) is 113 cm³/mol. The normalized spacial score (nSPS) is 29.3. The van der Waals surface area contributed by atoms with Crippen molar-refractivity contribution < 1.29 is 27.8 Å². The molecule has 174 valence electrons. The number of carbonyl (C=O) groups excluding carboxylic acids is 1. The van der Waals surface area contributed by atoms with Crippen LogP contribution >= 0.6 is 0 Å². The number of hydrogen-bond donors (Lipinski definition) is 1. The molecule has 5 rings (SSSR count). The highest BCUT2D eigenvalue weighted by Gasteiger charge is 2.73. The third kappa shape index (κ3) is 4.02. The van der Waals surface area contributed by atoms with Gasteiger partial charge in [-0.15, -0.1) is 0 Å². The molecule has 0 radical (unpaired) electrons. The van der Waals surface area contributed by atoms with Gasteiger partial charge in [-0.3, -0.25) is 9.36 Å². The van der Waals surface area contributed by atoms with Gasteiger partial charge >= 0.3 is 0 Å². The molecule has 3 aliphatic carbocycles. The summed E-state index contributed by atoms with van der Waals surface area (Å²) in [5.41, 5.74) is -0.232. The number of halogens is 2. The lowest BCUT2D eigenvalue weighted by atomic mass is 9.95. The molecule has 1 aromatic heterocycles. The Hall–Kier alpha value is -2.42. The molecule has 1 amide bonds. The van der Waals surface area contributed by atoms with Crippen molar-refractivity contribution in [3.63, 3.8) is 0 Å². The van der Waals surface area contributed by atoms with Crippen molar-refractivity contribution in [2.75, 3.05) is 6.61 Å². The van der Waals surface area contributed by atoms with E-state index in [-0.39, 0.29) is 52.6 Å². The van der Waals surface area contributed by atoms with Gasteiger partial charge in [-0.05, 0) is 45.4 Å². The number of rotatable bonds is 8. The summed E-state index contributed by atoms with van der Waals surface area (Å²) in [5, 5.41) is 2.80. The Morgan fingerprint density at radius 2 is 1.94 bits per heavy atom. The van der Waals surface area contributed by atoms with Crippen LogP contribution in [0.3, 0.4) is 0 Å². The molecule has 9 heteroatoms. The van der Waals surface area contributed by atoms with Crippen LogP contribution in [0.4, 0.5) is 8.78 Å². The Morgan fingerprint density at radius 3 is 2.56 bits per heavy atom. The van der Waals surface area contributed by atoms with Crippen molar-refractivity contribution in [2.45, 2.75) is 76.2 Å². The highest BCUT2D eigenvalue weighted by molar-refractivity contribution is 5.80. The number of ether oxygens (including phenoxy) is 3. The molecule has 1 atom stereocenters. The van der Waals surface area contributed by atoms with Crippen LogP contribution in [0.5, 0.6) is 11.8 Å². The molecule has 7 nitrogen and oxygen atoms in total. The van der Waals surface area contributed by atoms with E-state index in [4.69, 9.17) is 14.2 Å². The Kier molecular flexibility index (Phi) is 5.27. The number of imidazole rings is 1. The first kappa shape index (κ1) is 21.4. The summed E-state index contributed by atoms with van der Waals surface area (Å²) < 4.78 is 48.9. The molecule has 3 fully saturated rings. The van der Waals surface area contributed by atoms with E-state index in [0.717, 1.165) is 44.6 Å². The SMILES string of the molecule is CC(=O)N[C@@H](C)CO[C@H]1CC[C@H](Oc2nc3c(F)cc(OC45CC4C5)c(F)c3n2C)CC1. The van der Waals surface area contributed by atoms with E-state index in [1.807, 2.05) is 6.92 Å². The Balaban J connectivity index is 1.21. The summed E-state index contributed by atoms with van der Waals surface area (Å²) >= 11 is 0. The van der Waals surface area contributed by atoms with Gasteiger partial charge in [-0.1, -0.05) is 0 Å². The largest absolute Gasteiger partial charge is 0.484 e. The zero-order valence-corrected chi connectivity index (χ0v) is 18.6. The second-order valence-electron chi connectivity index (χ2n) is 9.54. The summed E-state index contributed by atoms with van der Waals surface area (Å²) in [7, 11) is 1.63. The third-order valence-electron chi connectivity index (χ3n) is 6.81. The summed E-state index contributed by atoms with van der Waals surface area (Å²) in [6.45, 7) is 3.86. The number of carbonyl (C=O) groups is 1. The first-order valence-corrected chi connectivity index (χ1v) is 11.3. The number of nitrogens with zero attached hydrogens (tertiary/aromatic N) is 2. The fourth-order valence-corrected chi connectivity index (χ4v) is 4.62. The lowest BCUT2D eigenvalue weighted by Gasteiger charge is -2.29. The van der Waals surface area contributed by atoms with Gasteiger partial charge in [0.2, 0.25) is 5.91 Å². The van der Waals surface area contributed by atoms with Gasteiger partial charge in [0, 0.05) is 32.0 Å². The van der Waals surface area contributed by atoms with E-state index in [1.54, 1.807) is 7.05 Å². The quantitative estimate of drug-likeness (QED) is 0.666. The Morgan fingerprint density at radius 1 is 1.28 bits per heavy atom. The maximum Gasteiger partial charge on any atom is 0.297 e. The van der Waals surface area contributed by atoms with E-state index in [0.29, 0.717) is 12.5 Å². The standard InChI is InChI=1S/C23H29F2N3O4/c1-12(26-13(2)29)11-30-15-4-6-16(7-5-15)31-22-27-20-17(24)8-18(19(25)21(20)28(22)3)32-23-9-14(23)10-23/h8,12,14-16H,4-7,9-11H2,1-3H3,(H,26,29)/t12-,14?,15-,16-,23?/m0/s1. The van der Waals surface area contributed by atoms with E-state index in [1.165, 1.54) is 11.5 Å². The van der Waals surface area contributed by atoms with Crippen molar-refractivity contribution in [3.05, 3.63) is 17.7 Å². The van der Waals surface area contributed by atoms with Crippen molar-refractivity contribution in [2.24, 2.45) is 13.0 Å². The molecule has 0 bridgehead atoms. The van der Waals surface area contributed by atoms with Gasteiger partial charge in [0.25, 0.3) is 6.01 Å². The minimum atomic E-state index is -0.610. The minimum absolute atomic E-state index is 0.0366. The van der Waals surface area contributed by atoms with Gasteiger partial charge in [0.1, 0.15) is 22.7 Å². The fraction of sp³-hybridized carbons (Fsp3) is 0.652. The molecule has 1 heterocycles. The van der Waals surface area contributed by atoms with Gasteiger partial charge in [0.15, 0.2) is 17.4 Å². The minimum Gasteiger partial charge on any atom is -0.484 e. The van der Waals surface area contributed by atoms with Crippen LogP contribution < -0.4 is 14.8 Å². The monoisotopic (exact) mass is 449 g/mol. The van der Waals surface area contributed by atoms with Crippen molar-refractivity contribution in [1.82, 2.24) is 14.9 Å². The van der Waals surface area contributed by atoms with E-state index >= 15 is 4.39 Å². The van der Waals surface area contributed by atoms with E-state index in [2.05, 4.69) is 10.3 Å². The first-order valence-electron chi connectivity index (χ1n) is 11.3. The van der Waals surface area contributed by atoms with E-state index in [9.17, 15) is 9.18 Å². The number of benzene rings is 1. The van der Waals surface area contributed by atoms with Crippen molar-refractivity contribution in [1.29, 1.82) is 0 Å². The number of aryl methyl sites for hydroxylation is 1. The number of fused-ring (bicyclic) bond motifs is 2. The highest BCUT2D eigenvalue weighted by atomic mass is 19.1. The molecule has 0 saturated heterocycles. The van der Waals surface area contributed by atoms with Crippen LogP contribution in [0.25, 0.3) is 11.0 Å². The fourth-order valence-electron chi connectivity index (χ4n) is 4.62. The molecule has 1 aromatic carbocycles. The second-order valence-corrected chi connectivity index (χ2v) is 9.54. The summed E-state index contributed by atoms with van der Waals surface area (Å²) in [5.74, 6) is -0.823. The summed E-state index contributed by atoms with van der Waals surface area (Å²) in [4.78, 5) is 15.3. The van der Waals surface area contributed by atoms with Gasteiger partial charge in [-0.2, -0.15) is 4.98 Å². The van der Waals surface area contributed by atoms with Crippen LogP contribution in [0.1, 0.15) is 52.4 Å². The van der Waals surface area contributed by atoms with Gasteiger partial charge < -0.3 is 19.5 Å². The van der Waals surface area contributed by atoms with Gasteiger partial charge in [0.05, 0.1) is 12.7 Å². The number of nitrogens with one attached hydrogen (secondary N) is 1. The van der Waals surface area contributed by atoms with Gasteiger partial charge in [-0.25, -0.2) is 8.78 Å².